The lowest BCUT2D eigenvalue weighted by molar-refractivity contribution is 0.224. The van der Waals surface area contributed by atoms with Crippen molar-refractivity contribution in [2.24, 2.45) is 0 Å². The number of benzene rings is 1. The highest BCUT2D eigenvalue weighted by atomic mass is 16.3. The van der Waals surface area contributed by atoms with Crippen LogP contribution in [0.2, 0.25) is 0 Å². The summed E-state index contributed by atoms with van der Waals surface area (Å²) in [4.78, 5) is 13.9. The normalized spacial score (nSPS) is 13.8. The molecule has 0 fully saturated rings. The molecule has 0 aromatic heterocycles. The summed E-state index contributed by atoms with van der Waals surface area (Å²) < 4.78 is 0. The molecule has 21 heavy (non-hydrogen) atoms. The minimum Gasteiger partial charge on any atom is -0.396 e. The van der Waals surface area contributed by atoms with E-state index >= 15 is 0 Å². The van der Waals surface area contributed by atoms with Crippen LogP contribution in [0.4, 0.5) is 4.79 Å². The van der Waals surface area contributed by atoms with Gasteiger partial charge < -0.3 is 20.6 Å². The molecule has 0 aliphatic heterocycles. The van der Waals surface area contributed by atoms with Crippen LogP contribution in [0, 0.1) is 0 Å². The van der Waals surface area contributed by atoms with E-state index in [2.05, 4.69) is 27.7 Å². The molecule has 0 aliphatic rings. The maximum absolute atomic E-state index is 11.8. The van der Waals surface area contributed by atoms with Gasteiger partial charge in [-0.15, -0.1) is 0 Å². The first kappa shape index (κ1) is 17.5. The van der Waals surface area contributed by atoms with Crippen molar-refractivity contribution in [3.8, 4) is 0 Å². The Labute approximate surface area is 127 Å². The van der Waals surface area contributed by atoms with E-state index in [1.54, 1.807) is 0 Å². The van der Waals surface area contributed by atoms with Gasteiger partial charge >= 0.3 is 6.03 Å². The molecule has 5 nitrogen and oxygen atoms in total. The van der Waals surface area contributed by atoms with Crippen LogP contribution in [0.25, 0.3) is 0 Å². The van der Waals surface area contributed by atoms with Gasteiger partial charge in [0.25, 0.3) is 0 Å². The Hall–Kier alpha value is -1.59. The van der Waals surface area contributed by atoms with Gasteiger partial charge in [-0.2, -0.15) is 0 Å². The van der Waals surface area contributed by atoms with Crippen LogP contribution in [0.15, 0.2) is 30.3 Å². The van der Waals surface area contributed by atoms with E-state index < -0.39 is 0 Å². The third kappa shape index (κ3) is 7.11. The van der Waals surface area contributed by atoms with Gasteiger partial charge in [0.05, 0.1) is 0 Å². The third-order valence-corrected chi connectivity index (χ3v) is 3.48. The molecule has 0 aliphatic carbocycles. The van der Waals surface area contributed by atoms with Crippen molar-refractivity contribution in [1.29, 1.82) is 0 Å². The number of likely N-dealkylation sites (N-methyl/N-ethyl adjacent to an activating group) is 1. The number of carbonyl (C=O) groups is 1. The molecule has 2 atom stereocenters. The van der Waals surface area contributed by atoms with Crippen LogP contribution in [0.3, 0.4) is 0 Å². The lowest BCUT2D eigenvalue weighted by Crippen LogP contribution is -2.47. The number of amides is 2. The lowest BCUT2D eigenvalue weighted by Gasteiger charge is -2.25. The van der Waals surface area contributed by atoms with E-state index in [0.29, 0.717) is 13.0 Å². The molecule has 0 heterocycles. The Bertz CT molecular complexity index is 409. The van der Waals surface area contributed by atoms with Crippen molar-refractivity contribution in [1.82, 2.24) is 15.5 Å². The lowest BCUT2D eigenvalue weighted by atomic mass is 10.1. The average molecular weight is 293 g/mol. The minimum atomic E-state index is -0.184. The molecule has 5 heteroatoms. The predicted molar refractivity (Wildman–Crippen MR) is 85.3 cm³/mol. The smallest absolute Gasteiger partial charge is 0.315 e. The molecular formula is C16H27N3O2. The summed E-state index contributed by atoms with van der Waals surface area (Å²) in [6, 6.07) is 10.3. The van der Waals surface area contributed by atoms with E-state index in [0.717, 1.165) is 6.42 Å². The number of nitrogens with one attached hydrogen (secondary N) is 2. The summed E-state index contributed by atoms with van der Waals surface area (Å²) in [5.41, 5.74) is 1.26. The molecule has 1 unspecified atom stereocenters. The zero-order valence-corrected chi connectivity index (χ0v) is 13.2. The van der Waals surface area contributed by atoms with Crippen LogP contribution < -0.4 is 10.6 Å². The Morgan fingerprint density at radius 1 is 1.29 bits per heavy atom. The summed E-state index contributed by atoms with van der Waals surface area (Å²) in [6.45, 7) is 2.54. The number of urea groups is 1. The van der Waals surface area contributed by atoms with E-state index in [1.165, 1.54) is 5.56 Å². The van der Waals surface area contributed by atoms with Gasteiger partial charge in [0, 0.05) is 25.2 Å². The first-order valence-corrected chi connectivity index (χ1v) is 7.38. The molecule has 0 saturated heterocycles. The number of carbonyl (C=O) groups excluding carboxylic acids is 1. The maximum Gasteiger partial charge on any atom is 0.315 e. The molecule has 118 valence electrons. The second kappa shape index (κ2) is 9.37. The topological polar surface area (TPSA) is 64.6 Å². The van der Waals surface area contributed by atoms with Crippen LogP contribution >= 0.6 is 0 Å². The van der Waals surface area contributed by atoms with Gasteiger partial charge in [0.2, 0.25) is 0 Å². The van der Waals surface area contributed by atoms with E-state index in [1.807, 2.05) is 39.2 Å². The first-order chi connectivity index (χ1) is 10.0. The van der Waals surface area contributed by atoms with Crippen LogP contribution in [-0.2, 0) is 6.42 Å². The number of hydrogen-bond acceptors (Lipinski definition) is 3. The summed E-state index contributed by atoms with van der Waals surface area (Å²) in [5.74, 6) is 0. The summed E-state index contributed by atoms with van der Waals surface area (Å²) in [6.07, 6.45) is 1.45. The molecule has 1 aromatic rings. The molecule has 0 saturated carbocycles. The van der Waals surface area contributed by atoms with Crippen molar-refractivity contribution in [2.45, 2.75) is 31.8 Å². The summed E-state index contributed by atoms with van der Waals surface area (Å²) >= 11 is 0. The summed E-state index contributed by atoms with van der Waals surface area (Å²) in [7, 11) is 4.03. The standard InChI is InChI=1S/C16H27N3O2/c1-13(9-10-20)18-16(21)17-12-15(19(2)3)11-14-7-5-4-6-8-14/h4-8,13,15,20H,9-12H2,1-3H3,(H2,17,18,21)/t13-,15?/m1/s1. The van der Waals surface area contributed by atoms with Gasteiger partial charge in [0.1, 0.15) is 0 Å². The fourth-order valence-electron chi connectivity index (χ4n) is 2.07. The Morgan fingerprint density at radius 2 is 1.95 bits per heavy atom. The van der Waals surface area contributed by atoms with Crippen molar-refractivity contribution < 1.29 is 9.90 Å². The SMILES string of the molecule is C[C@H](CCO)NC(=O)NCC(Cc1ccccc1)N(C)C. The number of aliphatic hydroxyl groups excluding tert-OH is 1. The van der Waals surface area contributed by atoms with E-state index in [9.17, 15) is 4.79 Å². The second-order valence-corrected chi connectivity index (χ2v) is 5.57. The first-order valence-electron chi connectivity index (χ1n) is 7.38. The highest BCUT2D eigenvalue weighted by molar-refractivity contribution is 5.74. The monoisotopic (exact) mass is 293 g/mol. The Kier molecular flexibility index (Phi) is 7.79. The zero-order chi connectivity index (χ0) is 15.7. The molecule has 1 rings (SSSR count). The van der Waals surface area contributed by atoms with Gasteiger partial charge in [-0.1, -0.05) is 30.3 Å². The van der Waals surface area contributed by atoms with Crippen molar-refractivity contribution >= 4 is 6.03 Å². The van der Waals surface area contributed by atoms with Crippen LogP contribution in [-0.4, -0.2) is 55.4 Å². The third-order valence-electron chi connectivity index (χ3n) is 3.48. The van der Waals surface area contributed by atoms with Crippen molar-refractivity contribution in [3.05, 3.63) is 35.9 Å². The molecule has 1 aromatic carbocycles. The predicted octanol–water partition coefficient (Wildman–Crippen LogP) is 1.23. The number of aliphatic hydroxyl groups is 1. The molecule has 0 spiro atoms. The largest absolute Gasteiger partial charge is 0.396 e. The van der Waals surface area contributed by atoms with Crippen LogP contribution in [0.5, 0.6) is 0 Å². The number of hydrogen-bond donors (Lipinski definition) is 3. The minimum absolute atomic E-state index is 0.0260. The van der Waals surface area contributed by atoms with Gasteiger partial charge in [-0.05, 0) is 39.4 Å². The van der Waals surface area contributed by atoms with Crippen LogP contribution in [0.1, 0.15) is 18.9 Å². The fraction of sp³-hybridized carbons (Fsp3) is 0.562. The van der Waals surface area contributed by atoms with Gasteiger partial charge in [-0.3, -0.25) is 0 Å². The second-order valence-electron chi connectivity index (χ2n) is 5.57. The quantitative estimate of drug-likeness (QED) is 0.675. The fourth-order valence-corrected chi connectivity index (χ4v) is 2.07. The summed E-state index contributed by atoms with van der Waals surface area (Å²) in [5, 5.41) is 14.5. The van der Waals surface area contributed by atoms with E-state index in [-0.39, 0.29) is 24.7 Å². The molecule has 2 amide bonds. The number of nitrogens with zero attached hydrogens (tertiary/aromatic N) is 1. The maximum atomic E-state index is 11.8. The Morgan fingerprint density at radius 3 is 2.52 bits per heavy atom. The molecular weight excluding hydrogens is 266 g/mol. The molecule has 0 bridgehead atoms. The van der Waals surface area contributed by atoms with Crippen molar-refractivity contribution in [2.75, 3.05) is 27.2 Å². The van der Waals surface area contributed by atoms with Crippen molar-refractivity contribution in [3.63, 3.8) is 0 Å². The highest BCUT2D eigenvalue weighted by Crippen LogP contribution is 2.06. The average Bonchev–Trinajstić information content (AvgIpc) is 2.44. The van der Waals surface area contributed by atoms with E-state index in [4.69, 9.17) is 5.11 Å². The molecule has 0 radical (unpaired) electrons. The zero-order valence-electron chi connectivity index (χ0n) is 13.2. The Balaban J connectivity index is 2.43. The molecule has 3 N–H and O–H groups in total. The highest BCUT2D eigenvalue weighted by Gasteiger charge is 2.14. The van der Waals surface area contributed by atoms with Gasteiger partial charge in [0.15, 0.2) is 0 Å². The van der Waals surface area contributed by atoms with Gasteiger partial charge in [-0.25, -0.2) is 4.79 Å². The number of rotatable bonds is 8.